The number of nitrogens with zero attached hydrogens (tertiary/aromatic N) is 5. The van der Waals surface area contributed by atoms with E-state index in [2.05, 4.69) is 20.5 Å². The number of aromatic nitrogens is 5. The van der Waals surface area contributed by atoms with Crippen molar-refractivity contribution in [1.29, 1.82) is 0 Å². The molecule has 2 heterocycles. The Morgan fingerprint density at radius 3 is 2.65 bits per heavy atom. The minimum Gasteiger partial charge on any atom is -0.288 e. The van der Waals surface area contributed by atoms with Crippen LogP contribution in [-0.4, -0.2) is 30.5 Å². The molecule has 0 fully saturated rings. The predicted molar refractivity (Wildman–Crippen MR) is 81.7 cm³/mol. The van der Waals surface area contributed by atoms with Crippen LogP contribution in [0.25, 0.3) is 0 Å². The van der Waals surface area contributed by atoms with Gasteiger partial charge in [0.1, 0.15) is 17.8 Å². The summed E-state index contributed by atoms with van der Waals surface area (Å²) in [6, 6.07) is 6.51. The molecule has 1 N–H and O–H groups in total. The Balaban J connectivity index is 1.71. The summed E-state index contributed by atoms with van der Waals surface area (Å²) in [4.78, 5) is 16.0. The molecule has 0 bridgehead atoms. The minimum absolute atomic E-state index is 0.0961. The highest BCUT2D eigenvalue weighted by molar-refractivity contribution is 6.02. The molecule has 0 unspecified atom stereocenters. The molecular weight excluding hydrogens is 356 g/mol. The van der Waals surface area contributed by atoms with Crippen molar-refractivity contribution in [2.24, 2.45) is 7.05 Å². The molecule has 0 aliphatic heterocycles. The molecule has 0 spiro atoms. The van der Waals surface area contributed by atoms with Crippen molar-refractivity contribution in [1.82, 2.24) is 24.5 Å². The van der Waals surface area contributed by atoms with Gasteiger partial charge in [0, 0.05) is 13.1 Å². The third-order valence-electron chi connectivity index (χ3n) is 3.40. The van der Waals surface area contributed by atoms with Gasteiger partial charge in [-0.05, 0) is 17.7 Å². The number of rotatable bonds is 4. The Morgan fingerprint density at radius 1 is 1.23 bits per heavy atom. The highest BCUT2D eigenvalue weighted by Crippen LogP contribution is 2.28. The molecule has 0 saturated heterocycles. The van der Waals surface area contributed by atoms with E-state index in [-0.39, 0.29) is 18.2 Å². The summed E-state index contributed by atoms with van der Waals surface area (Å²) < 4.78 is 53.3. The standard InChI is InChI=1S/C15H12F4N6O/c1-24-11(6-12(22-24)15(17,18)19)13(26)21-14-20-8-25(23-14)7-9-3-2-4-10(16)5-9/h2-6,8H,7H2,1H3,(H,21,23,26). The second-order valence-electron chi connectivity index (χ2n) is 5.39. The smallest absolute Gasteiger partial charge is 0.288 e. The van der Waals surface area contributed by atoms with Crippen LogP contribution >= 0.6 is 0 Å². The normalized spacial score (nSPS) is 11.6. The van der Waals surface area contributed by atoms with Gasteiger partial charge in [-0.3, -0.25) is 14.8 Å². The van der Waals surface area contributed by atoms with Gasteiger partial charge < -0.3 is 0 Å². The molecule has 1 aromatic carbocycles. The Kier molecular flexibility index (Phi) is 4.45. The number of hydrogen-bond donors (Lipinski definition) is 1. The summed E-state index contributed by atoms with van der Waals surface area (Å²) in [5.41, 5.74) is -0.831. The zero-order chi connectivity index (χ0) is 18.9. The van der Waals surface area contributed by atoms with Gasteiger partial charge in [0.15, 0.2) is 5.69 Å². The molecule has 1 amide bonds. The van der Waals surface area contributed by atoms with E-state index in [9.17, 15) is 22.4 Å². The van der Waals surface area contributed by atoms with E-state index in [1.54, 1.807) is 12.1 Å². The van der Waals surface area contributed by atoms with Gasteiger partial charge in [0.05, 0.1) is 6.54 Å². The molecule has 136 valence electrons. The molecule has 2 aromatic heterocycles. The van der Waals surface area contributed by atoms with Crippen molar-refractivity contribution in [3.05, 3.63) is 59.4 Å². The van der Waals surface area contributed by atoms with Crippen LogP contribution in [0, 0.1) is 5.82 Å². The summed E-state index contributed by atoms with van der Waals surface area (Å²) >= 11 is 0. The zero-order valence-electron chi connectivity index (χ0n) is 13.3. The van der Waals surface area contributed by atoms with E-state index in [1.807, 2.05) is 0 Å². The number of hydrogen-bond acceptors (Lipinski definition) is 4. The van der Waals surface area contributed by atoms with Crippen LogP contribution in [0.4, 0.5) is 23.5 Å². The average molecular weight is 368 g/mol. The fourth-order valence-electron chi connectivity index (χ4n) is 2.23. The number of anilines is 1. The van der Waals surface area contributed by atoms with Crippen molar-refractivity contribution in [3.8, 4) is 0 Å². The molecule has 26 heavy (non-hydrogen) atoms. The van der Waals surface area contributed by atoms with Crippen molar-refractivity contribution < 1.29 is 22.4 Å². The number of aryl methyl sites for hydroxylation is 1. The molecule has 11 heteroatoms. The molecule has 0 radical (unpaired) electrons. The number of carbonyl (C=O) groups is 1. The van der Waals surface area contributed by atoms with E-state index >= 15 is 0 Å². The first-order valence-corrected chi connectivity index (χ1v) is 7.29. The maximum atomic E-state index is 13.2. The van der Waals surface area contributed by atoms with Gasteiger partial charge in [-0.2, -0.15) is 18.3 Å². The molecule has 0 aliphatic carbocycles. The maximum absolute atomic E-state index is 13.2. The van der Waals surface area contributed by atoms with Crippen LogP contribution in [0.1, 0.15) is 21.7 Å². The summed E-state index contributed by atoms with van der Waals surface area (Å²) in [7, 11) is 1.22. The van der Waals surface area contributed by atoms with Crippen molar-refractivity contribution >= 4 is 11.9 Å². The molecule has 3 aromatic rings. The van der Waals surface area contributed by atoms with Gasteiger partial charge in [-0.15, -0.1) is 5.10 Å². The first kappa shape index (κ1) is 17.6. The van der Waals surface area contributed by atoms with Crippen molar-refractivity contribution in [2.45, 2.75) is 12.7 Å². The molecule has 0 atom stereocenters. The largest absolute Gasteiger partial charge is 0.435 e. The highest BCUT2D eigenvalue weighted by atomic mass is 19.4. The van der Waals surface area contributed by atoms with E-state index in [4.69, 9.17) is 0 Å². The lowest BCUT2D eigenvalue weighted by molar-refractivity contribution is -0.141. The Bertz CT molecular complexity index is 946. The van der Waals surface area contributed by atoms with Gasteiger partial charge in [0.25, 0.3) is 5.91 Å². The lowest BCUT2D eigenvalue weighted by Crippen LogP contribution is -2.17. The number of benzene rings is 1. The van der Waals surface area contributed by atoms with Gasteiger partial charge in [-0.25, -0.2) is 14.1 Å². The Morgan fingerprint density at radius 2 is 2.00 bits per heavy atom. The molecule has 3 rings (SSSR count). The zero-order valence-corrected chi connectivity index (χ0v) is 13.3. The van der Waals surface area contributed by atoms with Crippen LogP contribution in [-0.2, 0) is 19.8 Å². The van der Waals surface area contributed by atoms with Crippen molar-refractivity contribution in [2.75, 3.05) is 5.32 Å². The average Bonchev–Trinajstić information content (AvgIpc) is 3.13. The van der Waals surface area contributed by atoms with Crippen LogP contribution in [0.3, 0.4) is 0 Å². The van der Waals surface area contributed by atoms with E-state index in [0.717, 1.165) is 4.68 Å². The van der Waals surface area contributed by atoms with E-state index < -0.39 is 23.6 Å². The SMILES string of the molecule is Cn1nc(C(F)(F)F)cc1C(=O)Nc1ncn(Cc2cccc(F)c2)n1. The molecule has 0 aliphatic rings. The Hall–Kier alpha value is -3.24. The van der Waals surface area contributed by atoms with Gasteiger partial charge in [0.2, 0.25) is 5.95 Å². The van der Waals surface area contributed by atoms with Crippen LogP contribution < -0.4 is 5.32 Å². The topological polar surface area (TPSA) is 77.6 Å². The monoisotopic (exact) mass is 368 g/mol. The maximum Gasteiger partial charge on any atom is 0.435 e. The first-order valence-electron chi connectivity index (χ1n) is 7.29. The number of alkyl halides is 3. The molecule has 0 saturated carbocycles. The summed E-state index contributed by atoms with van der Waals surface area (Å²) in [6.45, 7) is 0.213. The highest BCUT2D eigenvalue weighted by Gasteiger charge is 2.35. The third kappa shape index (κ3) is 3.87. The third-order valence-corrected chi connectivity index (χ3v) is 3.40. The lowest BCUT2D eigenvalue weighted by Gasteiger charge is -2.02. The van der Waals surface area contributed by atoms with E-state index in [0.29, 0.717) is 11.6 Å². The van der Waals surface area contributed by atoms with Crippen LogP contribution in [0.2, 0.25) is 0 Å². The number of nitrogens with one attached hydrogen (secondary N) is 1. The number of amides is 1. The van der Waals surface area contributed by atoms with Gasteiger partial charge in [-0.1, -0.05) is 12.1 Å². The lowest BCUT2D eigenvalue weighted by atomic mass is 10.2. The number of carbonyl (C=O) groups excluding carboxylic acids is 1. The van der Waals surface area contributed by atoms with Gasteiger partial charge >= 0.3 is 6.18 Å². The summed E-state index contributed by atoms with van der Waals surface area (Å²) in [6.07, 6.45) is -3.34. The quantitative estimate of drug-likeness (QED) is 0.718. The fourth-order valence-corrected chi connectivity index (χ4v) is 2.23. The number of halogens is 4. The molecule has 7 nitrogen and oxygen atoms in total. The van der Waals surface area contributed by atoms with Crippen molar-refractivity contribution in [3.63, 3.8) is 0 Å². The fraction of sp³-hybridized carbons (Fsp3) is 0.200. The van der Waals surface area contributed by atoms with Crippen LogP contribution in [0.15, 0.2) is 36.7 Å². The summed E-state index contributed by atoms with van der Waals surface area (Å²) in [5, 5.41) is 9.55. The van der Waals surface area contributed by atoms with Crippen LogP contribution in [0.5, 0.6) is 0 Å². The molecular formula is C15H12F4N6O. The van der Waals surface area contributed by atoms with E-state index in [1.165, 1.54) is 30.2 Å². The first-order chi connectivity index (χ1) is 12.2. The second-order valence-corrected chi connectivity index (χ2v) is 5.39. The summed E-state index contributed by atoms with van der Waals surface area (Å²) in [5.74, 6) is -1.33. The minimum atomic E-state index is -4.65. The Labute approximate surface area is 144 Å². The second kappa shape index (κ2) is 6.58. The predicted octanol–water partition coefficient (Wildman–Crippen LogP) is 2.47.